The third-order valence-electron chi connectivity index (χ3n) is 5.36. The summed E-state index contributed by atoms with van der Waals surface area (Å²) in [6, 6.07) is 20.3. The fraction of sp³-hybridized carbons (Fsp3) is 0.348. The van der Waals surface area contributed by atoms with Crippen molar-refractivity contribution >= 4 is 0 Å². The molecule has 6 heteroatoms. The predicted molar refractivity (Wildman–Crippen MR) is 108 cm³/mol. The number of hydrogen-bond donors (Lipinski definition) is 1. The molecule has 1 aromatic heterocycles. The highest BCUT2D eigenvalue weighted by Gasteiger charge is 2.56. The molecule has 2 saturated heterocycles. The summed E-state index contributed by atoms with van der Waals surface area (Å²) in [5.41, 5.74) is 3.93. The maximum atomic E-state index is 6.18. The van der Waals surface area contributed by atoms with Gasteiger partial charge in [-0.1, -0.05) is 60.7 Å². The number of H-pyrrole nitrogens is 1. The summed E-state index contributed by atoms with van der Waals surface area (Å²) >= 11 is 0. The number of fused-ring (bicyclic) bond motifs is 1. The normalized spacial score (nSPS) is 27.8. The molecule has 0 bridgehead atoms. The Balaban J connectivity index is 1.56. The molecule has 3 aromatic rings. The van der Waals surface area contributed by atoms with Crippen LogP contribution in [0.15, 0.2) is 60.7 Å². The lowest BCUT2D eigenvalue weighted by molar-refractivity contribution is -0.218. The SMILES string of the molecule is CO[C@H]1C(c2nc(-c3ccccc3)c(-c3ccccc3)[nH]2)O[C@H]2OC(C)(C)O[C@H]21. The van der Waals surface area contributed by atoms with E-state index in [1.807, 2.05) is 50.2 Å². The van der Waals surface area contributed by atoms with Gasteiger partial charge in [-0.2, -0.15) is 0 Å². The van der Waals surface area contributed by atoms with Gasteiger partial charge in [-0.15, -0.1) is 0 Å². The molecule has 2 aliphatic heterocycles. The van der Waals surface area contributed by atoms with Gasteiger partial charge in [0.05, 0.1) is 11.4 Å². The van der Waals surface area contributed by atoms with Gasteiger partial charge in [-0.05, 0) is 13.8 Å². The Morgan fingerprint density at radius 1 is 0.931 bits per heavy atom. The van der Waals surface area contributed by atoms with Crippen LogP contribution >= 0.6 is 0 Å². The minimum Gasteiger partial charge on any atom is -0.375 e. The van der Waals surface area contributed by atoms with Crippen molar-refractivity contribution in [2.75, 3.05) is 7.11 Å². The van der Waals surface area contributed by atoms with Crippen LogP contribution in [0.1, 0.15) is 25.8 Å². The van der Waals surface area contributed by atoms with Gasteiger partial charge >= 0.3 is 0 Å². The minimum atomic E-state index is -0.690. The van der Waals surface area contributed by atoms with Crippen LogP contribution in [0.5, 0.6) is 0 Å². The molecule has 2 aromatic carbocycles. The summed E-state index contributed by atoms with van der Waals surface area (Å²) in [7, 11) is 1.66. The van der Waals surface area contributed by atoms with E-state index in [-0.39, 0.29) is 12.2 Å². The summed E-state index contributed by atoms with van der Waals surface area (Å²) < 4.78 is 23.9. The molecule has 1 unspecified atom stereocenters. The summed E-state index contributed by atoms with van der Waals surface area (Å²) in [4.78, 5) is 8.41. The quantitative estimate of drug-likeness (QED) is 0.717. The Labute approximate surface area is 169 Å². The first-order valence-corrected chi connectivity index (χ1v) is 9.80. The fourth-order valence-electron chi connectivity index (χ4n) is 4.10. The van der Waals surface area contributed by atoms with Gasteiger partial charge in [-0.25, -0.2) is 4.98 Å². The number of rotatable bonds is 4. The Kier molecular flexibility index (Phi) is 4.52. The summed E-state index contributed by atoms with van der Waals surface area (Å²) in [6.07, 6.45) is -1.51. The van der Waals surface area contributed by atoms with Crippen LogP contribution in [0.2, 0.25) is 0 Å². The summed E-state index contributed by atoms with van der Waals surface area (Å²) in [5, 5.41) is 0. The lowest BCUT2D eigenvalue weighted by Gasteiger charge is -2.23. The molecule has 3 heterocycles. The first-order valence-electron chi connectivity index (χ1n) is 9.80. The molecule has 1 N–H and O–H groups in total. The Hall–Kier alpha value is -2.51. The topological polar surface area (TPSA) is 65.6 Å². The second-order valence-corrected chi connectivity index (χ2v) is 7.80. The van der Waals surface area contributed by atoms with E-state index in [0.717, 1.165) is 22.5 Å². The zero-order valence-corrected chi connectivity index (χ0v) is 16.7. The molecule has 0 spiro atoms. The largest absolute Gasteiger partial charge is 0.375 e. The number of aromatic amines is 1. The van der Waals surface area contributed by atoms with Gasteiger partial charge < -0.3 is 23.9 Å². The van der Waals surface area contributed by atoms with E-state index in [0.29, 0.717) is 5.82 Å². The second kappa shape index (κ2) is 7.07. The van der Waals surface area contributed by atoms with Crippen LogP contribution in [0.3, 0.4) is 0 Å². The molecule has 150 valence electrons. The monoisotopic (exact) mass is 392 g/mol. The highest BCUT2D eigenvalue weighted by atomic mass is 16.8. The van der Waals surface area contributed by atoms with E-state index in [1.54, 1.807) is 7.11 Å². The van der Waals surface area contributed by atoms with Crippen molar-refractivity contribution in [2.45, 2.75) is 44.2 Å². The Morgan fingerprint density at radius 3 is 2.24 bits per heavy atom. The highest BCUT2D eigenvalue weighted by Crippen LogP contribution is 2.45. The number of nitrogens with zero attached hydrogens (tertiary/aromatic N) is 1. The molecule has 29 heavy (non-hydrogen) atoms. The smallest absolute Gasteiger partial charge is 0.190 e. The van der Waals surface area contributed by atoms with Gasteiger partial charge in [0.25, 0.3) is 0 Å². The third-order valence-corrected chi connectivity index (χ3v) is 5.36. The van der Waals surface area contributed by atoms with Crippen LogP contribution in [0.4, 0.5) is 0 Å². The van der Waals surface area contributed by atoms with Crippen molar-refractivity contribution in [3.05, 3.63) is 66.5 Å². The fourth-order valence-corrected chi connectivity index (χ4v) is 4.10. The molecule has 2 aliphatic rings. The van der Waals surface area contributed by atoms with Crippen LogP contribution in [-0.2, 0) is 18.9 Å². The number of hydrogen-bond acceptors (Lipinski definition) is 5. The van der Waals surface area contributed by atoms with E-state index in [1.165, 1.54) is 0 Å². The van der Waals surface area contributed by atoms with E-state index in [2.05, 4.69) is 29.2 Å². The van der Waals surface area contributed by atoms with Gasteiger partial charge in [0.1, 0.15) is 24.1 Å². The van der Waals surface area contributed by atoms with Gasteiger partial charge in [0, 0.05) is 18.2 Å². The first kappa shape index (κ1) is 18.5. The molecular weight excluding hydrogens is 368 g/mol. The molecule has 4 atom stereocenters. The van der Waals surface area contributed by atoms with Gasteiger partial charge in [0.15, 0.2) is 12.1 Å². The van der Waals surface area contributed by atoms with Crippen LogP contribution in [-0.4, -0.2) is 41.4 Å². The van der Waals surface area contributed by atoms with E-state index < -0.39 is 18.2 Å². The van der Waals surface area contributed by atoms with Gasteiger partial charge in [-0.3, -0.25) is 0 Å². The number of methoxy groups -OCH3 is 1. The lowest BCUT2D eigenvalue weighted by Crippen LogP contribution is -2.33. The molecule has 0 radical (unpaired) electrons. The Morgan fingerprint density at radius 2 is 1.59 bits per heavy atom. The maximum Gasteiger partial charge on any atom is 0.190 e. The van der Waals surface area contributed by atoms with Crippen molar-refractivity contribution in [3.8, 4) is 22.5 Å². The van der Waals surface area contributed by atoms with E-state index in [9.17, 15) is 0 Å². The van der Waals surface area contributed by atoms with Crippen molar-refractivity contribution in [1.82, 2.24) is 9.97 Å². The van der Waals surface area contributed by atoms with Crippen molar-refractivity contribution in [2.24, 2.45) is 0 Å². The molecule has 6 nitrogen and oxygen atoms in total. The molecule has 0 saturated carbocycles. The standard InChI is InChI=1S/C23H24N2O4/c1-23(2)28-20-18(26-3)19(27-22(20)29-23)21-24-16(14-10-6-4-7-11-14)17(25-21)15-12-8-5-9-13-15/h4-13,18-20,22H,1-3H3,(H,24,25)/t18-,19?,20-,22-/m0/s1. The van der Waals surface area contributed by atoms with Crippen molar-refractivity contribution in [1.29, 1.82) is 0 Å². The Bertz CT molecular complexity index is 930. The molecule has 5 rings (SSSR count). The van der Waals surface area contributed by atoms with E-state index >= 15 is 0 Å². The lowest BCUT2D eigenvalue weighted by atomic mass is 10.1. The summed E-state index contributed by atoms with van der Waals surface area (Å²) in [5.74, 6) is 0.0129. The third kappa shape index (κ3) is 3.28. The molecule has 0 amide bonds. The average molecular weight is 392 g/mol. The van der Waals surface area contributed by atoms with Crippen LogP contribution < -0.4 is 0 Å². The number of ether oxygens (including phenoxy) is 4. The minimum absolute atomic E-state index is 0.301. The van der Waals surface area contributed by atoms with Crippen LogP contribution in [0.25, 0.3) is 22.5 Å². The zero-order valence-electron chi connectivity index (χ0n) is 16.7. The highest BCUT2D eigenvalue weighted by molar-refractivity contribution is 5.78. The first-order chi connectivity index (χ1) is 14.1. The van der Waals surface area contributed by atoms with Crippen molar-refractivity contribution in [3.63, 3.8) is 0 Å². The molecule has 0 aliphatic carbocycles. The average Bonchev–Trinajstić information content (AvgIpc) is 3.39. The number of nitrogens with one attached hydrogen (secondary N) is 1. The predicted octanol–water partition coefficient (Wildman–Crippen LogP) is 4.31. The van der Waals surface area contributed by atoms with Crippen LogP contribution in [0, 0.1) is 0 Å². The number of benzene rings is 2. The van der Waals surface area contributed by atoms with E-state index in [4.69, 9.17) is 23.9 Å². The molecular formula is C23H24N2O4. The number of imidazole rings is 1. The number of aromatic nitrogens is 2. The molecule has 2 fully saturated rings. The van der Waals surface area contributed by atoms with Gasteiger partial charge in [0.2, 0.25) is 0 Å². The van der Waals surface area contributed by atoms with Crippen molar-refractivity contribution < 1.29 is 18.9 Å². The maximum absolute atomic E-state index is 6.18. The second-order valence-electron chi connectivity index (χ2n) is 7.80. The summed E-state index contributed by atoms with van der Waals surface area (Å²) in [6.45, 7) is 3.76. The zero-order chi connectivity index (χ0) is 20.0.